The topological polar surface area (TPSA) is 63.2 Å². The summed E-state index contributed by atoms with van der Waals surface area (Å²) < 4.78 is 43.0. The molecule has 5 nitrogen and oxygen atoms in total. The molecule has 0 aliphatic heterocycles. The van der Waals surface area contributed by atoms with Gasteiger partial charge in [-0.1, -0.05) is 11.6 Å². The van der Waals surface area contributed by atoms with Crippen molar-refractivity contribution in [3.8, 4) is 5.75 Å². The standard InChI is InChI=1S/C18H19ClF3N3O2/c1-11-9-14(19)4-5-15(11)27-12(2)17(26)24-8-7-23-16-6-3-13(10-25-16)18(20,21)22/h3-6,9-10,12H,7-8H2,1-2H3,(H,23,25)(H,24,26). The van der Waals surface area contributed by atoms with Crippen molar-refractivity contribution >= 4 is 23.3 Å². The second-order valence-electron chi connectivity index (χ2n) is 5.82. The fourth-order valence-corrected chi connectivity index (χ4v) is 2.40. The van der Waals surface area contributed by atoms with E-state index in [1.807, 2.05) is 6.92 Å². The Kier molecular flexibility index (Phi) is 6.90. The van der Waals surface area contributed by atoms with Crippen LogP contribution in [0, 0.1) is 6.92 Å². The van der Waals surface area contributed by atoms with Crippen molar-refractivity contribution in [1.82, 2.24) is 10.3 Å². The molecule has 0 aliphatic carbocycles. The van der Waals surface area contributed by atoms with Gasteiger partial charge in [0.15, 0.2) is 6.10 Å². The highest BCUT2D eigenvalue weighted by atomic mass is 35.5. The van der Waals surface area contributed by atoms with E-state index in [1.54, 1.807) is 25.1 Å². The first-order valence-corrected chi connectivity index (χ1v) is 8.52. The molecule has 2 rings (SSSR count). The maximum atomic E-state index is 12.5. The van der Waals surface area contributed by atoms with E-state index in [0.29, 0.717) is 23.1 Å². The lowest BCUT2D eigenvalue weighted by Gasteiger charge is -2.16. The predicted molar refractivity (Wildman–Crippen MR) is 97.0 cm³/mol. The molecule has 0 spiro atoms. The number of carbonyl (C=O) groups excluding carboxylic acids is 1. The van der Waals surface area contributed by atoms with Crippen molar-refractivity contribution in [1.29, 1.82) is 0 Å². The number of aromatic nitrogens is 1. The number of amides is 1. The van der Waals surface area contributed by atoms with Gasteiger partial charge in [-0.3, -0.25) is 4.79 Å². The molecule has 1 heterocycles. The number of anilines is 1. The van der Waals surface area contributed by atoms with E-state index in [4.69, 9.17) is 16.3 Å². The molecule has 27 heavy (non-hydrogen) atoms. The van der Waals surface area contributed by atoms with Gasteiger partial charge in [0.2, 0.25) is 0 Å². The highest BCUT2D eigenvalue weighted by Crippen LogP contribution is 2.28. The average Bonchev–Trinajstić information content (AvgIpc) is 2.60. The fraction of sp³-hybridized carbons (Fsp3) is 0.333. The number of nitrogens with zero attached hydrogens (tertiary/aromatic N) is 1. The smallest absolute Gasteiger partial charge is 0.417 e. The lowest BCUT2D eigenvalue weighted by Crippen LogP contribution is -2.38. The quantitative estimate of drug-likeness (QED) is 0.687. The van der Waals surface area contributed by atoms with Gasteiger partial charge in [0.05, 0.1) is 5.56 Å². The van der Waals surface area contributed by atoms with E-state index in [2.05, 4.69) is 15.6 Å². The molecule has 0 saturated carbocycles. The van der Waals surface area contributed by atoms with Crippen LogP contribution in [0.25, 0.3) is 0 Å². The number of rotatable bonds is 7. The normalized spacial score (nSPS) is 12.4. The summed E-state index contributed by atoms with van der Waals surface area (Å²) >= 11 is 5.88. The molecular weight excluding hydrogens is 383 g/mol. The number of pyridine rings is 1. The summed E-state index contributed by atoms with van der Waals surface area (Å²) in [7, 11) is 0. The molecular formula is C18H19ClF3N3O2. The summed E-state index contributed by atoms with van der Waals surface area (Å²) in [6.07, 6.45) is -4.38. The van der Waals surface area contributed by atoms with Crippen LogP contribution in [0.3, 0.4) is 0 Å². The number of nitrogens with one attached hydrogen (secondary N) is 2. The number of benzene rings is 1. The van der Waals surface area contributed by atoms with Gasteiger partial charge >= 0.3 is 6.18 Å². The van der Waals surface area contributed by atoms with Crippen LogP contribution in [-0.2, 0) is 11.0 Å². The van der Waals surface area contributed by atoms with E-state index in [0.717, 1.165) is 17.8 Å². The van der Waals surface area contributed by atoms with Crippen LogP contribution in [0.15, 0.2) is 36.5 Å². The summed E-state index contributed by atoms with van der Waals surface area (Å²) in [4.78, 5) is 15.8. The van der Waals surface area contributed by atoms with E-state index in [-0.39, 0.29) is 12.5 Å². The minimum absolute atomic E-state index is 0.259. The van der Waals surface area contributed by atoms with Gasteiger partial charge in [0.1, 0.15) is 11.6 Å². The van der Waals surface area contributed by atoms with Crippen LogP contribution in [0.5, 0.6) is 5.75 Å². The molecule has 2 N–H and O–H groups in total. The Morgan fingerprint density at radius 3 is 2.59 bits per heavy atom. The van der Waals surface area contributed by atoms with Gasteiger partial charge < -0.3 is 15.4 Å². The largest absolute Gasteiger partial charge is 0.481 e. The Hall–Kier alpha value is -2.48. The van der Waals surface area contributed by atoms with Crippen LogP contribution in [0.2, 0.25) is 5.02 Å². The summed E-state index contributed by atoms with van der Waals surface area (Å²) in [5, 5.41) is 6.10. The summed E-state index contributed by atoms with van der Waals surface area (Å²) in [6, 6.07) is 7.29. The van der Waals surface area contributed by atoms with Crippen molar-refractivity contribution < 1.29 is 22.7 Å². The first kappa shape index (κ1) is 20.8. The van der Waals surface area contributed by atoms with Gasteiger partial charge in [-0.05, 0) is 49.7 Å². The first-order chi connectivity index (χ1) is 12.7. The molecule has 0 aliphatic rings. The number of ether oxygens (including phenoxy) is 1. The first-order valence-electron chi connectivity index (χ1n) is 8.14. The number of halogens is 4. The predicted octanol–water partition coefficient (Wildman–Crippen LogP) is 4.06. The molecule has 1 amide bonds. The monoisotopic (exact) mass is 401 g/mol. The van der Waals surface area contributed by atoms with E-state index < -0.39 is 17.8 Å². The Morgan fingerprint density at radius 2 is 2.00 bits per heavy atom. The van der Waals surface area contributed by atoms with Crippen LogP contribution < -0.4 is 15.4 Å². The lowest BCUT2D eigenvalue weighted by atomic mass is 10.2. The minimum atomic E-state index is -4.42. The molecule has 0 saturated heterocycles. The van der Waals surface area contributed by atoms with E-state index in [9.17, 15) is 18.0 Å². The van der Waals surface area contributed by atoms with Gasteiger partial charge in [-0.25, -0.2) is 4.98 Å². The maximum Gasteiger partial charge on any atom is 0.417 e. The van der Waals surface area contributed by atoms with Crippen LogP contribution in [0.4, 0.5) is 19.0 Å². The van der Waals surface area contributed by atoms with Crippen molar-refractivity contribution in [2.75, 3.05) is 18.4 Å². The fourth-order valence-electron chi connectivity index (χ4n) is 2.18. The summed E-state index contributed by atoms with van der Waals surface area (Å²) in [5.41, 5.74) is 0.00186. The van der Waals surface area contributed by atoms with Gasteiger partial charge in [0, 0.05) is 24.3 Å². The second-order valence-corrected chi connectivity index (χ2v) is 6.25. The molecule has 9 heteroatoms. The van der Waals surface area contributed by atoms with Crippen molar-refractivity contribution in [3.05, 3.63) is 52.7 Å². The molecule has 146 valence electrons. The zero-order valence-electron chi connectivity index (χ0n) is 14.7. The molecule has 1 atom stereocenters. The Balaban J connectivity index is 1.75. The summed E-state index contributed by atoms with van der Waals surface area (Å²) in [6.45, 7) is 4.01. The van der Waals surface area contributed by atoms with Crippen molar-refractivity contribution in [3.63, 3.8) is 0 Å². The number of aryl methyl sites for hydroxylation is 1. The minimum Gasteiger partial charge on any atom is -0.481 e. The number of hydrogen-bond acceptors (Lipinski definition) is 4. The third-order valence-electron chi connectivity index (χ3n) is 3.63. The molecule has 0 fully saturated rings. The lowest BCUT2D eigenvalue weighted by molar-refractivity contribution is -0.137. The Labute approximate surface area is 159 Å². The SMILES string of the molecule is Cc1cc(Cl)ccc1OC(C)C(=O)NCCNc1ccc(C(F)(F)F)cn1. The van der Waals surface area contributed by atoms with Crippen LogP contribution >= 0.6 is 11.6 Å². The zero-order valence-corrected chi connectivity index (χ0v) is 15.5. The number of carbonyl (C=O) groups is 1. The molecule has 1 aromatic carbocycles. The van der Waals surface area contributed by atoms with Gasteiger partial charge in [0.25, 0.3) is 5.91 Å². The van der Waals surface area contributed by atoms with Crippen molar-refractivity contribution in [2.45, 2.75) is 26.1 Å². The van der Waals surface area contributed by atoms with E-state index >= 15 is 0 Å². The Morgan fingerprint density at radius 1 is 1.26 bits per heavy atom. The third-order valence-corrected chi connectivity index (χ3v) is 3.87. The van der Waals surface area contributed by atoms with Crippen LogP contribution in [0.1, 0.15) is 18.1 Å². The third kappa shape index (κ3) is 6.32. The zero-order chi connectivity index (χ0) is 20.0. The summed E-state index contributed by atoms with van der Waals surface area (Å²) in [5.74, 6) is 0.541. The average molecular weight is 402 g/mol. The van der Waals surface area contributed by atoms with Crippen molar-refractivity contribution in [2.24, 2.45) is 0 Å². The van der Waals surface area contributed by atoms with Gasteiger partial charge in [-0.15, -0.1) is 0 Å². The molecule has 1 aromatic heterocycles. The molecule has 1 unspecified atom stereocenters. The highest BCUT2D eigenvalue weighted by molar-refractivity contribution is 6.30. The second kappa shape index (κ2) is 8.94. The number of hydrogen-bond donors (Lipinski definition) is 2. The van der Waals surface area contributed by atoms with E-state index in [1.165, 1.54) is 6.07 Å². The van der Waals surface area contributed by atoms with Gasteiger partial charge in [-0.2, -0.15) is 13.2 Å². The van der Waals surface area contributed by atoms with Crippen LogP contribution in [-0.4, -0.2) is 30.1 Å². The molecule has 0 radical (unpaired) electrons. The number of alkyl halides is 3. The maximum absolute atomic E-state index is 12.5. The molecule has 0 bridgehead atoms. The molecule has 2 aromatic rings. The highest BCUT2D eigenvalue weighted by Gasteiger charge is 2.30. The Bertz CT molecular complexity index is 782.